The van der Waals surface area contributed by atoms with Gasteiger partial charge in [-0.2, -0.15) is 4.31 Å². The Balaban J connectivity index is 2.29. The number of hydrogen-bond acceptors (Lipinski definition) is 4. The molecule has 2 amide bonds. The van der Waals surface area contributed by atoms with Crippen molar-refractivity contribution in [2.75, 3.05) is 20.1 Å². The predicted octanol–water partition coefficient (Wildman–Crippen LogP) is -1.12. The molecule has 0 saturated carbocycles. The molecule has 1 saturated heterocycles. The van der Waals surface area contributed by atoms with Crippen molar-refractivity contribution < 1.29 is 18.0 Å². The Labute approximate surface area is 122 Å². The largest absolute Gasteiger partial charge is 0.369 e. The minimum atomic E-state index is -3.72. The summed E-state index contributed by atoms with van der Waals surface area (Å²) in [6.07, 6.45) is 1.81. The second-order valence-corrected chi connectivity index (χ2v) is 6.94. The molecule has 2 rings (SSSR count). The zero-order valence-electron chi connectivity index (χ0n) is 11.9. The van der Waals surface area contributed by atoms with E-state index in [1.807, 2.05) is 0 Å². The smallest absolute Gasteiger partial charge is 0.267 e. The molecule has 3 N–H and O–H groups in total. The summed E-state index contributed by atoms with van der Waals surface area (Å²) < 4.78 is 27.7. The van der Waals surface area contributed by atoms with Crippen molar-refractivity contribution in [2.24, 2.45) is 18.7 Å². The molecule has 8 nitrogen and oxygen atoms in total. The first kappa shape index (κ1) is 15.5. The van der Waals surface area contributed by atoms with Gasteiger partial charge in [0, 0.05) is 33.4 Å². The second kappa shape index (κ2) is 5.49. The number of nitrogens with zero attached hydrogens (tertiary/aromatic N) is 2. The highest BCUT2D eigenvalue weighted by Crippen LogP contribution is 2.25. The van der Waals surface area contributed by atoms with Crippen LogP contribution in [-0.2, 0) is 21.9 Å². The van der Waals surface area contributed by atoms with Crippen LogP contribution in [-0.4, -0.2) is 49.2 Å². The molecule has 1 aromatic heterocycles. The number of nitrogens with two attached hydrogens (primary N) is 1. The van der Waals surface area contributed by atoms with E-state index in [0.29, 0.717) is 6.42 Å². The van der Waals surface area contributed by atoms with Gasteiger partial charge < -0.3 is 15.6 Å². The molecule has 9 heteroatoms. The number of aromatic nitrogens is 1. The minimum Gasteiger partial charge on any atom is -0.369 e. The molecule has 0 unspecified atom stereocenters. The number of amides is 2. The predicted molar refractivity (Wildman–Crippen MR) is 74.9 cm³/mol. The maximum absolute atomic E-state index is 12.5. The number of rotatable bonds is 4. The Morgan fingerprint density at radius 1 is 1.43 bits per heavy atom. The maximum atomic E-state index is 12.5. The Hall–Kier alpha value is -1.87. The van der Waals surface area contributed by atoms with E-state index in [9.17, 15) is 18.0 Å². The summed E-state index contributed by atoms with van der Waals surface area (Å²) >= 11 is 0. The highest BCUT2D eigenvalue weighted by atomic mass is 32.2. The van der Waals surface area contributed by atoms with Gasteiger partial charge in [-0.05, 0) is 12.5 Å². The highest BCUT2D eigenvalue weighted by molar-refractivity contribution is 7.89. The van der Waals surface area contributed by atoms with Crippen LogP contribution in [0.2, 0.25) is 0 Å². The van der Waals surface area contributed by atoms with Crippen molar-refractivity contribution in [1.82, 2.24) is 14.2 Å². The summed E-state index contributed by atoms with van der Waals surface area (Å²) in [6, 6.07) is 1.33. The molecule has 1 aliphatic rings. The molecule has 0 bridgehead atoms. The van der Waals surface area contributed by atoms with Crippen LogP contribution >= 0.6 is 0 Å². The van der Waals surface area contributed by atoms with E-state index in [0.717, 1.165) is 0 Å². The molecule has 1 aromatic rings. The first-order chi connectivity index (χ1) is 9.77. The van der Waals surface area contributed by atoms with Gasteiger partial charge in [-0.3, -0.25) is 9.59 Å². The van der Waals surface area contributed by atoms with Gasteiger partial charge in [-0.15, -0.1) is 0 Å². The van der Waals surface area contributed by atoms with Crippen molar-refractivity contribution in [3.63, 3.8) is 0 Å². The SMILES string of the molecule is CNC(=O)c1cc(S(=O)(=O)N2CC[C@H](C(N)=O)C2)cn1C. The molecule has 0 aromatic carbocycles. The quantitative estimate of drug-likeness (QED) is 0.732. The van der Waals surface area contributed by atoms with Crippen LogP contribution in [0.3, 0.4) is 0 Å². The van der Waals surface area contributed by atoms with Gasteiger partial charge in [-0.1, -0.05) is 0 Å². The number of aryl methyl sites for hydroxylation is 1. The van der Waals surface area contributed by atoms with E-state index in [4.69, 9.17) is 5.73 Å². The van der Waals surface area contributed by atoms with Gasteiger partial charge in [0.25, 0.3) is 5.91 Å². The van der Waals surface area contributed by atoms with E-state index < -0.39 is 21.8 Å². The third kappa shape index (κ3) is 2.79. The lowest BCUT2D eigenvalue weighted by atomic mass is 10.1. The Morgan fingerprint density at radius 3 is 2.62 bits per heavy atom. The molecule has 0 radical (unpaired) electrons. The molecule has 0 aliphatic carbocycles. The van der Waals surface area contributed by atoms with Crippen molar-refractivity contribution >= 4 is 21.8 Å². The molecule has 2 heterocycles. The zero-order valence-corrected chi connectivity index (χ0v) is 12.7. The van der Waals surface area contributed by atoms with Gasteiger partial charge in [0.15, 0.2) is 0 Å². The lowest BCUT2D eigenvalue weighted by molar-refractivity contribution is -0.121. The van der Waals surface area contributed by atoms with Gasteiger partial charge in [-0.25, -0.2) is 8.42 Å². The van der Waals surface area contributed by atoms with Crippen LogP contribution in [0, 0.1) is 5.92 Å². The maximum Gasteiger partial charge on any atom is 0.267 e. The van der Waals surface area contributed by atoms with Crippen molar-refractivity contribution in [3.8, 4) is 0 Å². The zero-order chi connectivity index (χ0) is 15.8. The van der Waals surface area contributed by atoms with Gasteiger partial charge in [0.05, 0.1) is 5.92 Å². The number of primary amides is 1. The normalized spacial score (nSPS) is 19.6. The fourth-order valence-electron chi connectivity index (χ4n) is 2.36. The first-order valence-electron chi connectivity index (χ1n) is 6.45. The van der Waals surface area contributed by atoms with Crippen LogP contribution in [0.15, 0.2) is 17.2 Å². The summed E-state index contributed by atoms with van der Waals surface area (Å²) in [7, 11) is -0.653. The number of hydrogen-bond donors (Lipinski definition) is 2. The standard InChI is InChI=1S/C12H18N4O4S/c1-14-12(18)10-5-9(7-15(10)2)21(19,20)16-4-3-8(6-16)11(13)17/h5,7-8H,3-4,6H2,1-2H3,(H2,13,17)(H,14,18)/t8-/m0/s1. The first-order valence-corrected chi connectivity index (χ1v) is 7.89. The minimum absolute atomic E-state index is 0.0359. The van der Waals surface area contributed by atoms with Crippen molar-refractivity contribution in [1.29, 1.82) is 0 Å². The fraction of sp³-hybridized carbons (Fsp3) is 0.500. The Bertz CT molecular complexity index is 679. The average Bonchev–Trinajstić information content (AvgIpc) is 3.04. The monoisotopic (exact) mass is 314 g/mol. The summed E-state index contributed by atoms with van der Waals surface area (Å²) in [4.78, 5) is 22.8. The van der Waals surface area contributed by atoms with Gasteiger partial charge in [0.1, 0.15) is 10.6 Å². The van der Waals surface area contributed by atoms with Gasteiger partial charge >= 0.3 is 0 Å². The molecular weight excluding hydrogens is 296 g/mol. The molecule has 1 fully saturated rings. The Kier molecular flexibility index (Phi) is 4.06. The van der Waals surface area contributed by atoms with E-state index in [-0.39, 0.29) is 29.6 Å². The number of carbonyl (C=O) groups is 2. The van der Waals surface area contributed by atoms with Crippen LogP contribution in [0.25, 0.3) is 0 Å². The summed E-state index contributed by atoms with van der Waals surface area (Å²) in [5.41, 5.74) is 5.46. The summed E-state index contributed by atoms with van der Waals surface area (Å²) in [5.74, 6) is -1.32. The lowest BCUT2D eigenvalue weighted by Crippen LogP contribution is -2.31. The highest BCUT2D eigenvalue weighted by Gasteiger charge is 2.35. The summed E-state index contributed by atoms with van der Waals surface area (Å²) in [5, 5.41) is 2.45. The average molecular weight is 314 g/mol. The van der Waals surface area contributed by atoms with Crippen LogP contribution in [0.4, 0.5) is 0 Å². The molecule has 1 atom stereocenters. The number of carbonyl (C=O) groups excluding carboxylic acids is 2. The van der Waals surface area contributed by atoms with E-state index in [1.54, 1.807) is 7.05 Å². The summed E-state index contributed by atoms with van der Waals surface area (Å²) in [6.45, 7) is 0.335. The third-order valence-corrected chi connectivity index (χ3v) is 5.46. The molecule has 0 spiro atoms. The van der Waals surface area contributed by atoms with E-state index in [1.165, 1.54) is 28.2 Å². The fourth-order valence-corrected chi connectivity index (χ4v) is 3.93. The number of sulfonamides is 1. The van der Waals surface area contributed by atoms with E-state index in [2.05, 4.69) is 5.32 Å². The molecule has 116 valence electrons. The lowest BCUT2D eigenvalue weighted by Gasteiger charge is -2.14. The van der Waals surface area contributed by atoms with Gasteiger partial charge in [0.2, 0.25) is 15.9 Å². The van der Waals surface area contributed by atoms with Crippen LogP contribution < -0.4 is 11.1 Å². The topological polar surface area (TPSA) is 114 Å². The second-order valence-electron chi connectivity index (χ2n) is 5.00. The Morgan fingerprint density at radius 2 is 2.10 bits per heavy atom. The number of nitrogens with one attached hydrogen (secondary N) is 1. The molecule has 21 heavy (non-hydrogen) atoms. The molecular formula is C12H18N4O4S. The van der Waals surface area contributed by atoms with Crippen LogP contribution in [0.5, 0.6) is 0 Å². The van der Waals surface area contributed by atoms with Crippen molar-refractivity contribution in [3.05, 3.63) is 18.0 Å². The molecule has 1 aliphatic heterocycles. The van der Waals surface area contributed by atoms with Crippen LogP contribution in [0.1, 0.15) is 16.9 Å². The van der Waals surface area contributed by atoms with E-state index >= 15 is 0 Å². The van der Waals surface area contributed by atoms with Crippen molar-refractivity contribution in [2.45, 2.75) is 11.3 Å². The third-order valence-electron chi connectivity index (χ3n) is 3.63.